The van der Waals surface area contributed by atoms with Crippen molar-refractivity contribution in [2.45, 2.75) is 72.6 Å². The number of nitrogens with one attached hydrogen (secondary N) is 4. The van der Waals surface area contributed by atoms with E-state index in [0.29, 0.717) is 6.54 Å². The standard InChI is InChI=1S/C19H42N4O/c1-5-9-12-20-15-19(8-4,16-21-13-10-6-2)17-23-18(24)22-14-11-7-3/h20-21H,5-17H2,1-4H3,(H2,22,23,24). The number of amides is 2. The van der Waals surface area contributed by atoms with Gasteiger partial charge in [0.15, 0.2) is 0 Å². The van der Waals surface area contributed by atoms with Crippen molar-refractivity contribution in [3.63, 3.8) is 0 Å². The summed E-state index contributed by atoms with van der Waals surface area (Å²) in [7, 11) is 0. The minimum absolute atomic E-state index is 0.0385. The molecule has 0 aromatic rings. The van der Waals surface area contributed by atoms with Crippen LogP contribution in [0.4, 0.5) is 4.79 Å². The molecule has 0 aromatic heterocycles. The first kappa shape index (κ1) is 23.2. The van der Waals surface area contributed by atoms with Crippen LogP contribution >= 0.6 is 0 Å². The van der Waals surface area contributed by atoms with Crippen molar-refractivity contribution in [2.75, 3.05) is 39.3 Å². The van der Waals surface area contributed by atoms with Crippen LogP contribution in [0.5, 0.6) is 0 Å². The summed E-state index contributed by atoms with van der Waals surface area (Å²) in [4.78, 5) is 12.0. The Hall–Kier alpha value is -0.810. The molecule has 0 aliphatic carbocycles. The first-order valence-corrected chi connectivity index (χ1v) is 10.1. The number of urea groups is 1. The Morgan fingerprint density at radius 1 is 0.708 bits per heavy atom. The number of unbranched alkanes of at least 4 members (excludes halogenated alkanes) is 3. The Labute approximate surface area is 150 Å². The number of carbonyl (C=O) groups is 1. The van der Waals surface area contributed by atoms with E-state index in [2.05, 4.69) is 49.0 Å². The fourth-order valence-corrected chi connectivity index (χ4v) is 2.58. The second kappa shape index (κ2) is 15.7. The molecule has 0 saturated carbocycles. The monoisotopic (exact) mass is 342 g/mol. The largest absolute Gasteiger partial charge is 0.338 e. The summed E-state index contributed by atoms with van der Waals surface area (Å²) in [6, 6.07) is -0.0385. The lowest BCUT2D eigenvalue weighted by molar-refractivity contribution is 0.215. The first-order valence-electron chi connectivity index (χ1n) is 10.1. The molecule has 0 atom stereocenters. The van der Waals surface area contributed by atoms with Gasteiger partial charge in [0, 0.05) is 31.6 Å². The molecule has 0 heterocycles. The molecule has 0 radical (unpaired) electrons. The average molecular weight is 343 g/mol. The van der Waals surface area contributed by atoms with Gasteiger partial charge in [-0.2, -0.15) is 0 Å². The normalized spacial score (nSPS) is 11.5. The highest BCUT2D eigenvalue weighted by atomic mass is 16.2. The Kier molecular flexibility index (Phi) is 15.2. The second-order valence-corrected chi connectivity index (χ2v) is 6.88. The van der Waals surface area contributed by atoms with Crippen LogP contribution in [0.3, 0.4) is 0 Å². The molecule has 0 bridgehead atoms. The minimum atomic E-state index is -0.0385. The summed E-state index contributed by atoms with van der Waals surface area (Å²) in [5.74, 6) is 0. The van der Waals surface area contributed by atoms with E-state index in [0.717, 1.165) is 52.0 Å². The molecular formula is C19H42N4O. The van der Waals surface area contributed by atoms with Crippen molar-refractivity contribution in [3.05, 3.63) is 0 Å². The van der Waals surface area contributed by atoms with Crippen LogP contribution in [0, 0.1) is 5.41 Å². The zero-order valence-electron chi connectivity index (χ0n) is 16.6. The maximum Gasteiger partial charge on any atom is 0.314 e. The van der Waals surface area contributed by atoms with Crippen molar-refractivity contribution in [3.8, 4) is 0 Å². The van der Waals surface area contributed by atoms with E-state index < -0.39 is 0 Å². The van der Waals surface area contributed by atoms with E-state index in [1.807, 2.05) is 0 Å². The van der Waals surface area contributed by atoms with E-state index in [9.17, 15) is 4.79 Å². The first-order chi connectivity index (χ1) is 11.6. The van der Waals surface area contributed by atoms with Gasteiger partial charge in [-0.25, -0.2) is 4.79 Å². The third kappa shape index (κ3) is 11.7. The van der Waals surface area contributed by atoms with Gasteiger partial charge in [0.05, 0.1) is 0 Å². The smallest absolute Gasteiger partial charge is 0.314 e. The Morgan fingerprint density at radius 3 is 1.67 bits per heavy atom. The highest BCUT2D eigenvalue weighted by Crippen LogP contribution is 2.19. The van der Waals surface area contributed by atoms with Crippen LogP contribution in [0.1, 0.15) is 72.6 Å². The van der Waals surface area contributed by atoms with E-state index in [-0.39, 0.29) is 11.4 Å². The van der Waals surface area contributed by atoms with Crippen molar-refractivity contribution in [1.29, 1.82) is 0 Å². The van der Waals surface area contributed by atoms with Crippen molar-refractivity contribution in [1.82, 2.24) is 21.3 Å². The summed E-state index contributed by atoms with van der Waals surface area (Å²) in [5.41, 5.74) is 0.0730. The molecular weight excluding hydrogens is 300 g/mol. The van der Waals surface area contributed by atoms with Crippen LogP contribution in [-0.4, -0.2) is 45.3 Å². The summed E-state index contributed by atoms with van der Waals surface area (Å²) >= 11 is 0. The third-order valence-corrected chi connectivity index (χ3v) is 4.60. The molecule has 0 aliphatic rings. The fraction of sp³-hybridized carbons (Fsp3) is 0.947. The molecule has 0 saturated heterocycles. The SMILES string of the molecule is CCCCNCC(CC)(CNCCCC)CNC(=O)NCCCC. The molecule has 2 amide bonds. The molecule has 0 fully saturated rings. The third-order valence-electron chi connectivity index (χ3n) is 4.60. The topological polar surface area (TPSA) is 65.2 Å². The maximum atomic E-state index is 12.0. The Bertz CT molecular complexity index is 285. The van der Waals surface area contributed by atoms with Gasteiger partial charge in [0.25, 0.3) is 0 Å². The van der Waals surface area contributed by atoms with Gasteiger partial charge < -0.3 is 21.3 Å². The van der Waals surface area contributed by atoms with Gasteiger partial charge in [-0.3, -0.25) is 0 Å². The average Bonchev–Trinajstić information content (AvgIpc) is 2.60. The van der Waals surface area contributed by atoms with Crippen LogP contribution in [0.2, 0.25) is 0 Å². The van der Waals surface area contributed by atoms with Gasteiger partial charge in [-0.15, -0.1) is 0 Å². The van der Waals surface area contributed by atoms with Gasteiger partial charge in [0.1, 0.15) is 0 Å². The molecule has 0 spiro atoms. The summed E-state index contributed by atoms with van der Waals surface area (Å²) in [6.45, 7) is 14.2. The van der Waals surface area contributed by atoms with Gasteiger partial charge in [-0.1, -0.05) is 47.0 Å². The van der Waals surface area contributed by atoms with Gasteiger partial charge in [0.2, 0.25) is 0 Å². The predicted octanol–water partition coefficient (Wildman–Crippen LogP) is 3.26. The molecule has 0 unspecified atom stereocenters. The number of rotatable bonds is 16. The molecule has 144 valence electrons. The van der Waals surface area contributed by atoms with Crippen LogP contribution in [0.25, 0.3) is 0 Å². The highest BCUT2D eigenvalue weighted by Gasteiger charge is 2.28. The summed E-state index contributed by atoms with van der Waals surface area (Å²) < 4.78 is 0. The highest BCUT2D eigenvalue weighted by molar-refractivity contribution is 5.73. The van der Waals surface area contributed by atoms with Crippen molar-refractivity contribution < 1.29 is 4.79 Å². The van der Waals surface area contributed by atoms with Gasteiger partial charge in [-0.05, 0) is 38.8 Å². The van der Waals surface area contributed by atoms with E-state index in [4.69, 9.17) is 0 Å². The molecule has 0 rings (SSSR count). The molecule has 24 heavy (non-hydrogen) atoms. The second-order valence-electron chi connectivity index (χ2n) is 6.88. The quantitative estimate of drug-likeness (QED) is 0.326. The lowest BCUT2D eigenvalue weighted by Crippen LogP contribution is -2.51. The number of hydrogen-bond donors (Lipinski definition) is 4. The van der Waals surface area contributed by atoms with E-state index in [1.54, 1.807) is 0 Å². The molecule has 4 N–H and O–H groups in total. The van der Waals surface area contributed by atoms with E-state index >= 15 is 0 Å². The predicted molar refractivity (Wildman–Crippen MR) is 105 cm³/mol. The zero-order valence-corrected chi connectivity index (χ0v) is 16.6. The lowest BCUT2D eigenvalue weighted by Gasteiger charge is -2.34. The Balaban J connectivity index is 4.41. The molecule has 5 heteroatoms. The maximum absolute atomic E-state index is 12.0. The van der Waals surface area contributed by atoms with Crippen LogP contribution in [0.15, 0.2) is 0 Å². The van der Waals surface area contributed by atoms with Crippen LogP contribution < -0.4 is 21.3 Å². The van der Waals surface area contributed by atoms with E-state index in [1.165, 1.54) is 25.7 Å². The van der Waals surface area contributed by atoms with Crippen molar-refractivity contribution >= 4 is 6.03 Å². The number of hydrogen-bond acceptors (Lipinski definition) is 3. The molecule has 0 aromatic carbocycles. The summed E-state index contributed by atoms with van der Waals surface area (Å²) in [5, 5.41) is 13.2. The Morgan fingerprint density at radius 2 is 1.21 bits per heavy atom. The minimum Gasteiger partial charge on any atom is -0.338 e. The number of carbonyl (C=O) groups excluding carboxylic acids is 1. The van der Waals surface area contributed by atoms with Crippen LogP contribution in [-0.2, 0) is 0 Å². The fourth-order valence-electron chi connectivity index (χ4n) is 2.58. The molecule has 0 aliphatic heterocycles. The molecule has 5 nitrogen and oxygen atoms in total. The van der Waals surface area contributed by atoms with Gasteiger partial charge >= 0.3 is 6.03 Å². The lowest BCUT2D eigenvalue weighted by atomic mass is 9.84. The summed E-state index contributed by atoms with van der Waals surface area (Å²) in [6.07, 6.45) is 7.99. The van der Waals surface area contributed by atoms with Crippen molar-refractivity contribution in [2.24, 2.45) is 5.41 Å². The zero-order chi connectivity index (χ0) is 18.1.